The van der Waals surface area contributed by atoms with Gasteiger partial charge in [0.1, 0.15) is 0 Å². The molecule has 0 aliphatic carbocycles. The normalized spacial score (nSPS) is 14.1. The Kier molecular flexibility index (Phi) is 3.82. The van der Waals surface area contributed by atoms with Crippen LogP contribution in [0.2, 0.25) is 0 Å². The van der Waals surface area contributed by atoms with Crippen LogP contribution in [0.5, 0.6) is 0 Å². The first-order valence-corrected chi connectivity index (χ1v) is 5.25. The summed E-state index contributed by atoms with van der Waals surface area (Å²) in [4.78, 5) is 10.5. The Morgan fingerprint density at radius 1 is 1.64 bits per heavy atom. The Hall–Kier alpha value is -0.290. The number of hydrogen-bond acceptors (Lipinski definition) is 4. The van der Waals surface area contributed by atoms with Gasteiger partial charge in [-0.05, 0) is 6.92 Å². The van der Waals surface area contributed by atoms with Crippen LogP contribution in [0, 0.1) is 0 Å². The maximum Gasteiger partial charge on any atom is 0.306 e. The molecule has 0 heterocycles. The molecule has 0 aromatic heterocycles. The molecule has 0 rings (SSSR count). The highest BCUT2D eigenvalue weighted by Gasteiger charge is 2.20. The second kappa shape index (κ2) is 3.92. The third-order valence-corrected chi connectivity index (χ3v) is 3.20. The summed E-state index contributed by atoms with van der Waals surface area (Å²) in [5, 5.41) is -0.892. The summed E-state index contributed by atoms with van der Waals surface area (Å²) in [5.74, 6) is -0.582. The molecule has 1 atom stereocenters. The molecular formula is C5H9ClO4S. The topological polar surface area (TPSA) is 60.4 Å². The highest BCUT2D eigenvalue weighted by atomic mass is 35.7. The predicted octanol–water partition coefficient (Wildman–Crippen LogP) is 0.507. The largest absolute Gasteiger partial charge is 0.469 e. The van der Waals surface area contributed by atoms with Crippen molar-refractivity contribution >= 4 is 25.7 Å². The van der Waals surface area contributed by atoms with E-state index in [1.807, 2.05) is 0 Å². The number of halogens is 1. The summed E-state index contributed by atoms with van der Waals surface area (Å²) < 4.78 is 25.3. The molecule has 0 saturated heterocycles. The molecule has 0 N–H and O–H groups in total. The van der Waals surface area contributed by atoms with E-state index >= 15 is 0 Å². The lowest BCUT2D eigenvalue weighted by molar-refractivity contribution is -0.140. The van der Waals surface area contributed by atoms with Gasteiger partial charge in [0, 0.05) is 10.7 Å². The quantitative estimate of drug-likeness (QED) is 0.492. The lowest BCUT2D eigenvalue weighted by Crippen LogP contribution is -2.17. The van der Waals surface area contributed by atoms with Crippen LogP contribution in [0.15, 0.2) is 0 Å². The van der Waals surface area contributed by atoms with Crippen molar-refractivity contribution in [3.8, 4) is 0 Å². The third-order valence-electron chi connectivity index (χ3n) is 1.16. The van der Waals surface area contributed by atoms with E-state index in [0.29, 0.717) is 0 Å². The number of carbonyl (C=O) groups is 1. The van der Waals surface area contributed by atoms with Crippen LogP contribution in [-0.4, -0.2) is 26.7 Å². The fourth-order valence-electron chi connectivity index (χ4n) is 0.418. The van der Waals surface area contributed by atoms with Crippen molar-refractivity contribution in [2.45, 2.75) is 18.6 Å². The van der Waals surface area contributed by atoms with Crippen molar-refractivity contribution in [2.75, 3.05) is 7.11 Å². The standard InChI is InChI=1S/C5H9ClO4S/c1-4(11(6,8)9)3-5(7)10-2/h4H,3H2,1-2H3. The van der Waals surface area contributed by atoms with E-state index in [2.05, 4.69) is 4.74 Å². The Labute approximate surface area is 69.9 Å². The first kappa shape index (κ1) is 10.7. The van der Waals surface area contributed by atoms with E-state index in [9.17, 15) is 13.2 Å². The van der Waals surface area contributed by atoms with Crippen LogP contribution >= 0.6 is 10.7 Å². The lowest BCUT2D eigenvalue weighted by Gasteiger charge is -2.04. The molecule has 0 aromatic carbocycles. The molecule has 0 aliphatic heterocycles. The zero-order valence-electron chi connectivity index (χ0n) is 6.20. The monoisotopic (exact) mass is 200 g/mol. The van der Waals surface area contributed by atoms with Gasteiger partial charge in [-0.3, -0.25) is 4.79 Å². The minimum absolute atomic E-state index is 0.206. The van der Waals surface area contributed by atoms with Gasteiger partial charge in [-0.15, -0.1) is 0 Å². The molecule has 0 amide bonds. The van der Waals surface area contributed by atoms with Crippen LogP contribution in [0.25, 0.3) is 0 Å². The Morgan fingerprint density at radius 3 is 2.36 bits per heavy atom. The minimum Gasteiger partial charge on any atom is -0.469 e. The molecule has 0 radical (unpaired) electrons. The molecule has 11 heavy (non-hydrogen) atoms. The first-order chi connectivity index (χ1) is 4.88. The Balaban J connectivity index is 4.10. The van der Waals surface area contributed by atoms with E-state index in [-0.39, 0.29) is 6.42 Å². The number of methoxy groups -OCH3 is 1. The van der Waals surface area contributed by atoms with Gasteiger partial charge in [-0.25, -0.2) is 8.42 Å². The number of carbonyl (C=O) groups excluding carboxylic acids is 1. The number of hydrogen-bond donors (Lipinski definition) is 0. The fourth-order valence-corrected chi connectivity index (χ4v) is 0.942. The molecule has 0 saturated carbocycles. The summed E-state index contributed by atoms with van der Waals surface area (Å²) in [6.45, 7) is 1.35. The summed E-state index contributed by atoms with van der Waals surface area (Å²) in [6.07, 6.45) is -0.206. The van der Waals surface area contributed by atoms with Crippen LogP contribution in [0.4, 0.5) is 0 Å². The number of ether oxygens (including phenoxy) is 1. The van der Waals surface area contributed by atoms with Gasteiger partial charge in [-0.1, -0.05) is 0 Å². The zero-order chi connectivity index (χ0) is 9.07. The van der Waals surface area contributed by atoms with Crippen LogP contribution < -0.4 is 0 Å². The van der Waals surface area contributed by atoms with Crippen LogP contribution in [-0.2, 0) is 18.6 Å². The van der Waals surface area contributed by atoms with Gasteiger partial charge in [-0.2, -0.15) is 0 Å². The fraction of sp³-hybridized carbons (Fsp3) is 0.800. The van der Waals surface area contributed by atoms with Crippen molar-refractivity contribution in [1.82, 2.24) is 0 Å². The Bertz CT molecular complexity index is 233. The maximum absolute atomic E-state index is 10.5. The number of esters is 1. The molecule has 6 heteroatoms. The zero-order valence-corrected chi connectivity index (χ0v) is 7.78. The van der Waals surface area contributed by atoms with Crippen molar-refractivity contribution in [1.29, 1.82) is 0 Å². The van der Waals surface area contributed by atoms with Crippen LogP contribution in [0.3, 0.4) is 0 Å². The SMILES string of the molecule is COC(=O)CC(C)S(=O)(=O)Cl. The van der Waals surface area contributed by atoms with Gasteiger partial charge >= 0.3 is 5.97 Å². The molecule has 0 spiro atoms. The molecule has 0 fully saturated rings. The van der Waals surface area contributed by atoms with Gasteiger partial charge < -0.3 is 4.74 Å². The minimum atomic E-state index is -3.64. The lowest BCUT2D eigenvalue weighted by atomic mass is 10.3. The third kappa shape index (κ3) is 4.21. The van der Waals surface area contributed by atoms with E-state index in [0.717, 1.165) is 0 Å². The average Bonchev–Trinajstić information content (AvgIpc) is 1.85. The summed E-state index contributed by atoms with van der Waals surface area (Å²) in [5.41, 5.74) is 0. The van der Waals surface area contributed by atoms with Crippen molar-refractivity contribution in [3.05, 3.63) is 0 Å². The molecule has 4 nitrogen and oxygen atoms in total. The highest BCUT2D eigenvalue weighted by molar-refractivity contribution is 8.14. The first-order valence-electron chi connectivity index (χ1n) is 2.88. The summed E-state index contributed by atoms with van der Waals surface area (Å²) >= 11 is 0. The Morgan fingerprint density at radius 2 is 2.09 bits per heavy atom. The molecule has 1 unspecified atom stereocenters. The molecule has 0 aromatic rings. The van der Waals surface area contributed by atoms with E-state index in [4.69, 9.17) is 10.7 Å². The van der Waals surface area contributed by atoms with Crippen LogP contribution in [0.1, 0.15) is 13.3 Å². The van der Waals surface area contributed by atoms with Gasteiger partial charge in [0.15, 0.2) is 0 Å². The molecular weight excluding hydrogens is 192 g/mol. The second-order valence-corrected chi connectivity index (χ2v) is 5.11. The van der Waals surface area contributed by atoms with Gasteiger partial charge in [0.05, 0.1) is 18.8 Å². The average molecular weight is 201 g/mol. The van der Waals surface area contributed by atoms with Gasteiger partial charge in [0.25, 0.3) is 0 Å². The maximum atomic E-state index is 10.5. The number of rotatable bonds is 3. The van der Waals surface area contributed by atoms with Crippen molar-refractivity contribution < 1.29 is 17.9 Å². The molecule has 0 aliphatic rings. The van der Waals surface area contributed by atoms with E-state index in [1.165, 1.54) is 14.0 Å². The highest BCUT2D eigenvalue weighted by Crippen LogP contribution is 2.10. The van der Waals surface area contributed by atoms with Crippen molar-refractivity contribution in [3.63, 3.8) is 0 Å². The summed E-state index contributed by atoms with van der Waals surface area (Å²) in [7, 11) is 2.50. The molecule has 0 bridgehead atoms. The van der Waals surface area contributed by atoms with E-state index in [1.54, 1.807) is 0 Å². The smallest absolute Gasteiger partial charge is 0.306 e. The van der Waals surface area contributed by atoms with Crippen molar-refractivity contribution in [2.24, 2.45) is 0 Å². The van der Waals surface area contributed by atoms with E-state index < -0.39 is 20.3 Å². The van der Waals surface area contributed by atoms with Gasteiger partial charge in [0.2, 0.25) is 9.05 Å². The molecule has 66 valence electrons. The predicted molar refractivity (Wildman–Crippen MR) is 40.9 cm³/mol. The second-order valence-electron chi connectivity index (χ2n) is 2.07. The summed E-state index contributed by atoms with van der Waals surface area (Å²) in [6, 6.07) is 0.